The van der Waals surface area contributed by atoms with Gasteiger partial charge in [-0.3, -0.25) is 9.59 Å². The molecule has 0 radical (unpaired) electrons. The summed E-state index contributed by atoms with van der Waals surface area (Å²) in [6.07, 6.45) is 7.99. The Morgan fingerprint density at radius 2 is 1.24 bits per heavy atom. The monoisotopic (exact) mass is 348 g/mol. The first-order chi connectivity index (χ1) is 11.9. The van der Waals surface area contributed by atoms with Crippen LogP contribution in [0.15, 0.2) is 23.3 Å². The zero-order chi connectivity index (χ0) is 18.8. The number of hydrogen-bond donors (Lipinski definition) is 0. The molecule has 0 saturated carbocycles. The summed E-state index contributed by atoms with van der Waals surface area (Å²) in [7, 11) is 0. The molecule has 0 unspecified atom stereocenters. The van der Waals surface area contributed by atoms with Crippen molar-refractivity contribution in [2.24, 2.45) is 5.92 Å². The lowest BCUT2D eigenvalue weighted by atomic mass is 9.96. The summed E-state index contributed by atoms with van der Waals surface area (Å²) in [6, 6.07) is 0. The van der Waals surface area contributed by atoms with Gasteiger partial charge in [0.25, 0.3) is 0 Å². The van der Waals surface area contributed by atoms with Gasteiger partial charge in [-0.15, -0.1) is 0 Å². The number of nitrogens with zero attached hydrogens (tertiary/aromatic N) is 2. The molecule has 4 heteroatoms. The molecule has 0 aromatic rings. The normalized spacial score (nSPS) is 14.2. The van der Waals surface area contributed by atoms with Gasteiger partial charge in [0.1, 0.15) is 0 Å². The molecular formula is C21H36N2O2. The minimum atomic E-state index is 0.136. The van der Waals surface area contributed by atoms with E-state index in [1.165, 1.54) is 0 Å². The predicted octanol–water partition coefficient (Wildman–Crippen LogP) is 4.18. The molecule has 0 bridgehead atoms. The lowest BCUT2D eigenvalue weighted by molar-refractivity contribution is -0.129. The zero-order valence-corrected chi connectivity index (χ0v) is 16.8. The Hall–Kier alpha value is -1.58. The van der Waals surface area contributed by atoms with Crippen LogP contribution in [0.2, 0.25) is 0 Å². The van der Waals surface area contributed by atoms with E-state index in [2.05, 4.69) is 34.6 Å². The Morgan fingerprint density at radius 1 is 0.840 bits per heavy atom. The first kappa shape index (κ1) is 21.5. The highest BCUT2D eigenvalue weighted by Gasteiger charge is 2.23. The van der Waals surface area contributed by atoms with E-state index in [1.54, 1.807) is 0 Å². The second-order valence-corrected chi connectivity index (χ2v) is 7.32. The van der Waals surface area contributed by atoms with E-state index in [9.17, 15) is 9.59 Å². The average Bonchev–Trinajstić information content (AvgIpc) is 2.60. The smallest absolute Gasteiger partial charge is 0.249 e. The first-order valence-corrected chi connectivity index (χ1v) is 9.92. The Balaban J connectivity index is 2.83. The SMILES string of the molecule is CCCN(CCC)C(=O)C1=CC=C(C(=O)N(CCC)CC(C)C)CC1. The van der Waals surface area contributed by atoms with Crippen LogP contribution in [0.5, 0.6) is 0 Å². The van der Waals surface area contributed by atoms with Crippen LogP contribution in [0.3, 0.4) is 0 Å². The van der Waals surface area contributed by atoms with Crippen LogP contribution in [-0.4, -0.2) is 47.8 Å². The lowest BCUT2D eigenvalue weighted by Gasteiger charge is -2.27. The van der Waals surface area contributed by atoms with Crippen molar-refractivity contribution in [2.45, 2.75) is 66.7 Å². The van der Waals surface area contributed by atoms with Gasteiger partial charge in [0.2, 0.25) is 11.8 Å². The Kier molecular flexibility index (Phi) is 9.54. The molecule has 25 heavy (non-hydrogen) atoms. The molecule has 0 spiro atoms. The van der Waals surface area contributed by atoms with Gasteiger partial charge in [0, 0.05) is 37.3 Å². The number of amides is 2. The largest absolute Gasteiger partial charge is 0.339 e. The highest BCUT2D eigenvalue weighted by molar-refractivity contribution is 5.98. The minimum Gasteiger partial charge on any atom is -0.339 e. The average molecular weight is 349 g/mol. The summed E-state index contributed by atoms with van der Waals surface area (Å²) < 4.78 is 0. The lowest BCUT2D eigenvalue weighted by Crippen LogP contribution is -2.37. The maximum absolute atomic E-state index is 12.8. The Bertz CT molecular complexity index is 500. The van der Waals surface area contributed by atoms with Gasteiger partial charge in [-0.25, -0.2) is 0 Å². The summed E-state index contributed by atoms with van der Waals surface area (Å²) in [5.41, 5.74) is 1.67. The van der Waals surface area contributed by atoms with E-state index in [-0.39, 0.29) is 11.8 Å². The minimum absolute atomic E-state index is 0.136. The van der Waals surface area contributed by atoms with E-state index in [0.29, 0.717) is 18.8 Å². The third-order valence-corrected chi connectivity index (χ3v) is 4.34. The third kappa shape index (κ3) is 6.68. The fourth-order valence-corrected chi connectivity index (χ4v) is 3.24. The number of rotatable bonds is 10. The van der Waals surface area contributed by atoms with Crippen molar-refractivity contribution >= 4 is 11.8 Å². The summed E-state index contributed by atoms with van der Waals surface area (Å²) in [4.78, 5) is 29.3. The molecule has 1 rings (SSSR count). The van der Waals surface area contributed by atoms with Gasteiger partial charge >= 0.3 is 0 Å². The number of carbonyl (C=O) groups is 2. The van der Waals surface area contributed by atoms with Gasteiger partial charge in [-0.1, -0.05) is 46.8 Å². The molecular weight excluding hydrogens is 312 g/mol. The van der Waals surface area contributed by atoms with Crippen molar-refractivity contribution in [3.63, 3.8) is 0 Å². The molecule has 0 aromatic carbocycles. The Morgan fingerprint density at radius 3 is 1.60 bits per heavy atom. The van der Waals surface area contributed by atoms with Crippen molar-refractivity contribution in [3.8, 4) is 0 Å². The van der Waals surface area contributed by atoms with Gasteiger partial charge in [-0.05, 0) is 38.0 Å². The molecule has 1 aliphatic rings. The van der Waals surface area contributed by atoms with Crippen LogP contribution in [0.1, 0.15) is 66.7 Å². The second-order valence-electron chi connectivity index (χ2n) is 7.32. The molecule has 4 nitrogen and oxygen atoms in total. The number of carbonyl (C=O) groups excluding carboxylic acids is 2. The van der Waals surface area contributed by atoms with E-state index < -0.39 is 0 Å². The molecule has 0 saturated heterocycles. The van der Waals surface area contributed by atoms with E-state index in [0.717, 1.165) is 56.6 Å². The topological polar surface area (TPSA) is 40.6 Å². The molecule has 142 valence electrons. The van der Waals surface area contributed by atoms with E-state index in [1.807, 2.05) is 22.0 Å². The standard InChI is InChI=1S/C21H36N2O2/c1-6-13-22(14-7-2)20(24)18-9-11-19(12-10-18)21(25)23(15-8-3)16-17(4)5/h9,11,17H,6-8,10,12-16H2,1-5H3. The van der Waals surface area contributed by atoms with Crippen LogP contribution in [0.4, 0.5) is 0 Å². The zero-order valence-electron chi connectivity index (χ0n) is 16.8. The molecule has 0 N–H and O–H groups in total. The quantitative estimate of drug-likeness (QED) is 0.594. The van der Waals surface area contributed by atoms with Crippen molar-refractivity contribution < 1.29 is 9.59 Å². The van der Waals surface area contributed by atoms with Crippen LogP contribution >= 0.6 is 0 Å². The summed E-state index contributed by atoms with van der Waals surface area (Å²) in [6.45, 7) is 13.8. The van der Waals surface area contributed by atoms with Crippen LogP contribution in [0.25, 0.3) is 0 Å². The summed E-state index contributed by atoms with van der Waals surface area (Å²) in [5.74, 6) is 0.736. The molecule has 0 fully saturated rings. The molecule has 0 aromatic heterocycles. The van der Waals surface area contributed by atoms with Crippen molar-refractivity contribution in [3.05, 3.63) is 23.3 Å². The molecule has 0 atom stereocenters. The first-order valence-electron chi connectivity index (χ1n) is 9.92. The fourth-order valence-electron chi connectivity index (χ4n) is 3.24. The maximum atomic E-state index is 12.8. The van der Waals surface area contributed by atoms with Gasteiger partial charge in [0.15, 0.2) is 0 Å². The van der Waals surface area contributed by atoms with Crippen LogP contribution in [-0.2, 0) is 9.59 Å². The van der Waals surface area contributed by atoms with E-state index in [4.69, 9.17) is 0 Å². The highest BCUT2D eigenvalue weighted by atomic mass is 16.2. The van der Waals surface area contributed by atoms with Crippen molar-refractivity contribution in [2.75, 3.05) is 26.2 Å². The number of allylic oxidation sites excluding steroid dienone is 2. The Labute approximate surface area is 153 Å². The van der Waals surface area contributed by atoms with Gasteiger partial charge in [-0.2, -0.15) is 0 Å². The fraction of sp³-hybridized carbons (Fsp3) is 0.714. The maximum Gasteiger partial charge on any atom is 0.249 e. The summed E-state index contributed by atoms with van der Waals surface area (Å²) >= 11 is 0. The molecule has 2 amide bonds. The highest BCUT2D eigenvalue weighted by Crippen LogP contribution is 2.22. The molecule has 1 aliphatic carbocycles. The number of hydrogen-bond acceptors (Lipinski definition) is 2. The summed E-state index contributed by atoms with van der Waals surface area (Å²) in [5, 5.41) is 0. The van der Waals surface area contributed by atoms with Crippen molar-refractivity contribution in [1.82, 2.24) is 9.80 Å². The van der Waals surface area contributed by atoms with E-state index >= 15 is 0 Å². The van der Waals surface area contributed by atoms with Crippen molar-refractivity contribution in [1.29, 1.82) is 0 Å². The van der Waals surface area contributed by atoms with Crippen LogP contribution in [0, 0.1) is 5.92 Å². The second kappa shape index (κ2) is 11.1. The molecule has 0 heterocycles. The third-order valence-electron chi connectivity index (χ3n) is 4.34. The molecule has 0 aliphatic heterocycles. The van der Waals surface area contributed by atoms with Gasteiger partial charge in [0.05, 0.1) is 0 Å². The van der Waals surface area contributed by atoms with Crippen LogP contribution < -0.4 is 0 Å². The predicted molar refractivity (Wildman–Crippen MR) is 104 cm³/mol. The van der Waals surface area contributed by atoms with Gasteiger partial charge < -0.3 is 9.80 Å².